The van der Waals surface area contributed by atoms with Gasteiger partial charge in [0.15, 0.2) is 7.85 Å². The number of alkyl halides is 1. The molecule has 2 aliphatic heterocycles. The van der Waals surface area contributed by atoms with E-state index in [0.717, 1.165) is 16.8 Å². The number of phosphoric ester groups is 1. The Morgan fingerprint density at radius 1 is 1.38 bits per heavy atom. The van der Waals surface area contributed by atoms with E-state index < -0.39 is 48.5 Å². The van der Waals surface area contributed by atoms with E-state index in [4.69, 9.17) is 18.3 Å². The molecule has 10 nitrogen and oxygen atoms in total. The molecule has 32 heavy (non-hydrogen) atoms. The number of aromatic amines is 1. The first kappa shape index (κ1) is 23.1. The van der Waals surface area contributed by atoms with Crippen LogP contribution in [0.2, 0.25) is 0 Å². The SMILES string of the molecule is BC(B)(OP1(=O)OCc2cccc(C)c2O1)[C@]1(F)C[C@@H](O)[C@](B)(n2ccc(=O)[nH]c2=O)O1. The van der Waals surface area contributed by atoms with Gasteiger partial charge in [0, 0.05) is 24.2 Å². The fourth-order valence-electron chi connectivity index (χ4n) is 3.86. The summed E-state index contributed by atoms with van der Waals surface area (Å²) in [6, 6.07) is 6.35. The summed E-state index contributed by atoms with van der Waals surface area (Å²) in [7, 11) is -0.404. The van der Waals surface area contributed by atoms with Gasteiger partial charge in [0.2, 0.25) is 5.85 Å². The van der Waals surface area contributed by atoms with E-state index in [1.807, 2.05) is 4.98 Å². The molecule has 4 rings (SSSR count). The number of aryl methyl sites for hydroxylation is 1. The van der Waals surface area contributed by atoms with Gasteiger partial charge >= 0.3 is 13.5 Å². The minimum atomic E-state index is -4.26. The number of aliphatic hydroxyl groups is 1. The second-order valence-corrected chi connectivity index (χ2v) is 10.1. The van der Waals surface area contributed by atoms with Gasteiger partial charge in [-0.1, -0.05) is 18.2 Å². The van der Waals surface area contributed by atoms with Crippen molar-refractivity contribution in [2.75, 3.05) is 0 Å². The molecule has 2 N–H and O–H groups in total. The molecule has 0 amide bonds. The predicted molar refractivity (Wildman–Crippen MR) is 118 cm³/mol. The van der Waals surface area contributed by atoms with Crippen LogP contribution in [0.4, 0.5) is 4.39 Å². The lowest BCUT2D eigenvalue weighted by Crippen LogP contribution is -2.56. The van der Waals surface area contributed by atoms with Crippen molar-refractivity contribution in [1.29, 1.82) is 0 Å². The molecule has 1 aromatic heterocycles. The molecular formula is C17H21B3FN2O8P. The van der Waals surface area contributed by atoms with Crippen molar-refractivity contribution < 1.29 is 32.4 Å². The van der Waals surface area contributed by atoms with Gasteiger partial charge in [0.05, 0.1) is 18.1 Å². The summed E-state index contributed by atoms with van der Waals surface area (Å²) >= 11 is 0. The molecular weight excluding hydrogens is 443 g/mol. The number of nitrogens with one attached hydrogen (secondary N) is 1. The number of phosphoric acid groups is 1. The Bertz CT molecular complexity index is 1240. The highest BCUT2D eigenvalue weighted by Crippen LogP contribution is 2.59. The molecule has 1 saturated heterocycles. The number of hydrogen-bond acceptors (Lipinski definition) is 8. The number of H-pyrrole nitrogens is 1. The molecule has 1 fully saturated rings. The lowest BCUT2D eigenvalue weighted by molar-refractivity contribution is -0.219. The summed E-state index contributed by atoms with van der Waals surface area (Å²) in [4.78, 5) is 25.6. The number of ether oxygens (including phenoxy) is 1. The number of hydrogen-bond donors (Lipinski definition) is 2. The average Bonchev–Trinajstić information content (AvgIpc) is 2.92. The second-order valence-electron chi connectivity index (χ2n) is 8.56. The Morgan fingerprint density at radius 2 is 2.09 bits per heavy atom. The minimum absolute atomic E-state index is 0.0579. The number of rotatable bonds is 4. The van der Waals surface area contributed by atoms with Gasteiger partial charge in [-0.05, 0) is 12.5 Å². The van der Waals surface area contributed by atoms with Crippen LogP contribution >= 0.6 is 7.82 Å². The minimum Gasteiger partial charge on any atom is -0.403 e. The Kier molecular flexibility index (Phi) is 5.38. The third-order valence-corrected chi connectivity index (χ3v) is 7.39. The van der Waals surface area contributed by atoms with E-state index in [1.54, 1.807) is 25.1 Å². The highest BCUT2D eigenvalue weighted by atomic mass is 31.2. The fraction of sp³-hybridized carbons (Fsp3) is 0.412. The first-order chi connectivity index (χ1) is 14.8. The number of benzene rings is 1. The largest absolute Gasteiger partial charge is 0.529 e. The first-order valence-corrected chi connectivity index (χ1v) is 11.4. The zero-order valence-corrected chi connectivity index (χ0v) is 18.9. The summed E-state index contributed by atoms with van der Waals surface area (Å²) in [6.07, 6.45) is -1.02. The Morgan fingerprint density at radius 3 is 2.78 bits per heavy atom. The maximum absolute atomic E-state index is 16.1. The van der Waals surface area contributed by atoms with E-state index in [9.17, 15) is 19.3 Å². The van der Waals surface area contributed by atoms with Crippen LogP contribution in [-0.2, 0) is 30.6 Å². The van der Waals surface area contributed by atoms with Crippen LogP contribution in [0, 0.1) is 6.92 Å². The van der Waals surface area contributed by atoms with E-state index in [0.29, 0.717) is 16.9 Å². The van der Waals surface area contributed by atoms with Gasteiger partial charge in [-0.3, -0.25) is 23.4 Å². The van der Waals surface area contributed by atoms with Crippen molar-refractivity contribution in [3.63, 3.8) is 0 Å². The zero-order valence-electron chi connectivity index (χ0n) is 18.0. The third-order valence-electron chi connectivity index (χ3n) is 5.86. The van der Waals surface area contributed by atoms with Gasteiger partial charge in [0.1, 0.15) is 27.1 Å². The molecule has 0 radical (unpaired) electrons. The molecule has 168 valence electrons. The first-order valence-electron chi connectivity index (χ1n) is 9.92. The molecule has 1 unspecified atom stereocenters. The van der Waals surface area contributed by atoms with E-state index >= 15 is 4.39 Å². The van der Waals surface area contributed by atoms with Crippen molar-refractivity contribution in [2.45, 2.75) is 42.9 Å². The van der Waals surface area contributed by atoms with Crippen LogP contribution in [0.1, 0.15) is 17.5 Å². The predicted octanol–water partition coefficient (Wildman–Crippen LogP) is -1.81. The molecule has 1 aromatic carbocycles. The van der Waals surface area contributed by atoms with Gasteiger partial charge in [-0.15, -0.1) is 0 Å². The maximum Gasteiger partial charge on any atom is 0.529 e. The molecule has 0 saturated carbocycles. The monoisotopic (exact) mass is 464 g/mol. The molecule has 0 aliphatic carbocycles. The molecule has 2 aromatic rings. The van der Waals surface area contributed by atoms with Gasteiger partial charge < -0.3 is 14.4 Å². The normalized spacial score (nSPS) is 32.3. The van der Waals surface area contributed by atoms with E-state index in [-0.39, 0.29) is 6.61 Å². The molecule has 0 spiro atoms. The van der Waals surface area contributed by atoms with E-state index in [1.165, 1.54) is 23.5 Å². The van der Waals surface area contributed by atoms with Crippen molar-refractivity contribution in [3.05, 3.63) is 62.4 Å². The summed E-state index contributed by atoms with van der Waals surface area (Å²) in [5, 5.41) is 8.69. The zero-order chi connectivity index (χ0) is 23.5. The van der Waals surface area contributed by atoms with Gasteiger partial charge in [-0.2, -0.15) is 0 Å². The van der Waals surface area contributed by atoms with Crippen molar-refractivity contribution in [3.8, 4) is 5.75 Å². The van der Waals surface area contributed by atoms with Crippen LogP contribution in [-0.4, -0.2) is 55.6 Å². The Hall–Kier alpha value is -2.11. The maximum atomic E-state index is 16.1. The summed E-state index contributed by atoms with van der Waals surface area (Å²) in [6.45, 7) is 1.71. The van der Waals surface area contributed by atoms with Crippen LogP contribution < -0.4 is 15.8 Å². The van der Waals surface area contributed by atoms with Crippen LogP contribution in [0.3, 0.4) is 0 Å². The molecule has 3 heterocycles. The highest BCUT2D eigenvalue weighted by Gasteiger charge is 2.63. The molecule has 4 atom stereocenters. The summed E-state index contributed by atoms with van der Waals surface area (Å²) in [5.74, 6) is -2.37. The quantitative estimate of drug-likeness (QED) is 0.401. The number of nitrogens with zero attached hydrogens (tertiary/aromatic N) is 1. The van der Waals surface area contributed by atoms with Crippen LogP contribution in [0.15, 0.2) is 40.1 Å². The van der Waals surface area contributed by atoms with E-state index in [2.05, 4.69) is 0 Å². The van der Waals surface area contributed by atoms with Gasteiger partial charge in [-0.25, -0.2) is 13.8 Å². The summed E-state index contributed by atoms with van der Waals surface area (Å²) < 4.78 is 52.2. The highest BCUT2D eigenvalue weighted by molar-refractivity contribution is 7.49. The standard InChI is InChI=1S/C17H21B3FN2O8P/c1-9-3-2-4-10-8-28-32(27,29-13(9)10)31-17(19,20)15(21)7-11(24)16(18,30-15)23-6-5-12(25)22-14(23)26/h2-6,11,24H,7-8,18-20H2,1H3,(H,22,25,26)/t11-,15+,16+,32?/m1/s1. The number of para-hydroxylation sites is 1. The van der Waals surface area contributed by atoms with Crippen molar-refractivity contribution in [2.24, 2.45) is 0 Å². The average molecular weight is 464 g/mol. The Balaban J connectivity index is 1.63. The lowest BCUT2D eigenvalue weighted by atomic mass is 9.60. The molecule has 0 bridgehead atoms. The molecule has 2 aliphatic rings. The van der Waals surface area contributed by atoms with Crippen molar-refractivity contribution >= 4 is 31.4 Å². The smallest absolute Gasteiger partial charge is 0.403 e. The van der Waals surface area contributed by atoms with Gasteiger partial charge in [0.25, 0.3) is 5.56 Å². The lowest BCUT2D eigenvalue weighted by Gasteiger charge is -2.41. The number of fused-ring (bicyclic) bond motifs is 1. The fourth-order valence-corrected chi connectivity index (χ4v) is 5.48. The number of halogens is 1. The Labute approximate surface area is 184 Å². The second kappa shape index (κ2) is 7.46. The molecule has 15 heteroatoms. The number of aliphatic hydroxyl groups excluding tert-OH is 1. The van der Waals surface area contributed by atoms with Crippen molar-refractivity contribution in [1.82, 2.24) is 9.55 Å². The summed E-state index contributed by atoms with van der Waals surface area (Å²) in [5.41, 5.74) is -2.04. The number of aromatic nitrogens is 2. The van der Waals surface area contributed by atoms with Crippen LogP contribution in [0.25, 0.3) is 0 Å². The van der Waals surface area contributed by atoms with Crippen LogP contribution in [0.5, 0.6) is 5.75 Å². The third kappa shape index (κ3) is 3.70. The topological polar surface area (TPSA) is 129 Å².